The van der Waals surface area contributed by atoms with Crippen LogP contribution in [0.15, 0.2) is 24.3 Å². The third-order valence-corrected chi connectivity index (χ3v) is 4.75. The Kier molecular flexibility index (Phi) is 5.37. The van der Waals surface area contributed by atoms with Gasteiger partial charge in [-0.2, -0.15) is 4.31 Å². The van der Waals surface area contributed by atoms with E-state index in [2.05, 4.69) is 16.7 Å². The highest BCUT2D eigenvalue weighted by molar-refractivity contribution is 7.88. The van der Waals surface area contributed by atoms with Crippen LogP contribution in [-0.2, 0) is 16.6 Å². The van der Waals surface area contributed by atoms with Crippen molar-refractivity contribution in [1.29, 1.82) is 0 Å². The highest BCUT2D eigenvalue weighted by Crippen LogP contribution is 2.11. The van der Waals surface area contributed by atoms with E-state index >= 15 is 0 Å². The van der Waals surface area contributed by atoms with Crippen molar-refractivity contribution in [3.63, 3.8) is 0 Å². The largest absolute Gasteiger partial charge is 0.384 e. The van der Waals surface area contributed by atoms with Crippen LogP contribution in [-0.4, -0.2) is 61.8 Å². The van der Waals surface area contributed by atoms with E-state index in [1.165, 1.54) is 10.6 Å². The molecule has 0 saturated carbocycles. The second kappa shape index (κ2) is 7.05. The van der Waals surface area contributed by atoms with Crippen LogP contribution in [0.5, 0.6) is 0 Å². The van der Waals surface area contributed by atoms with Gasteiger partial charge in [-0.1, -0.05) is 24.0 Å². The van der Waals surface area contributed by atoms with Gasteiger partial charge in [0.1, 0.15) is 6.61 Å². The van der Waals surface area contributed by atoms with Crippen molar-refractivity contribution in [2.24, 2.45) is 0 Å². The van der Waals surface area contributed by atoms with E-state index in [0.29, 0.717) is 13.1 Å². The monoisotopic (exact) mass is 308 g/mol. The van der Waals surface area contributed by atoms with Crippen LogP contribution in [0.3, 0.4) is 0 Å². The van der Waals surface area contributed by atoms with Crippen LogP contribution in [0.2, 0.25) is 0 Å². The van der Waals surface area contributed by atoms with Gasteiger partial charge in [-0.15, -0.1) is 0 Å². The Morgan fingerprint density at radius 1 is 1.24 bits per heavy atom. The van der Waals surface area contributed by atoms with Gasteiger partial charge in [-0.25, -0.2) is 8.42 Å². The summed E-state index contributed by atoms with van der Waals surface area (Å²) in [5.41, 5.74) is 2.03. The minimum absolute atomic E-state index is 0.141. The summed E-state index contributed by atoms with van der Waals surface area (Å²) in [6, 6.07) is 7.90. The number of rotatable bonds is 3. The van der Waals surface area contributed by atoms with Crippen molar-refractivity contribution in [2.45, 2.75) is 6.54 Å². The summed E-state index contributed by atoms with van der Waals surface area (Å²) >= 11 is 0. The first-order chi connectivity index (χ1) is 9.99. The Hall–Kier alpha value is -1.39. The first-order valence-electron chi connectivity index (χ1n) is 6.85. The lowest BCUT2D eigenvalue weighted by Gasteiger charge is -2.33. The van der Waals surface area contributed by atoms with Crippen LogP contribution < -0.4 is 0 Å². The Balaban J connectivity index is 1.95. The molecule has 1 fully saturated rings. The van der Waals surface area contributed by atoms with Gasteiger partial charge in [0.2, 0.25) is 10.0 Å². The van der Waals surface area contributed by atoms with Crippen LogP contribution >= 0.6 is 0 Å². The fourth-order valence-corrected chi connectivity index (χ4v) is 3.19. The summed E-state index contributed by atoms with van der Waals surface area (Å²) in [6.07, 6.45) is 1.26. The first kappa shape index (κ1) is 16.0. The normalized spacial score (nSPS) is 17.2. The van der Waals surface area contributed by atoms with Crippen molar-refractivity contribution in [2.75, 3.05) is 39.0 Å². The van der Waals surface area contributed by atoms with Gasteiger partial charge in [0.25, 0.3) is 0 Å². The third-order valence-electron chi connectivity index (χ3n) is 3.45. The molecule has 1 aromatic carbocycles. The van der Waals surface area contributed by atoms with Crippen LogP contribution in [0.4, 0.5) is 0 Å². The van der Waals surface area contributed by atoms with Gasteiger partial charge in [-0.3, -0.25) is 4.90 Å². The summed E-state index contributed by atoms with van der Waals surface area (Å²) in [7, 11) is -3.07. The van der Waals surface area contributed by atoms with Crippen LogP contribution in [0.1, 0.15) is 11.1 Å². The molecule has 1 aliphatic heterocycles. The van der Waals surface area contributed by atoms with E-state index in [-0.39, 0.29) is 6.61 Å². The molecule has 0 radical (unpaired) electrons. The molecule has 1 heterocycles. The summed E-state index contributed by atoms with van der Waals surface area (Å²) in [5.74, 6) is 5.53. The molecular formula is C15H20N2O3S. The first-order valence-corrected chi connectivity index (χ1v) is 8.70. The van der Waals surface area contributed by atoms with Crippen LogP contribution in [0, 0.1) is 11.8 Å². The van der Waals surface area contributed by atoms with Gasteiger partial charge in [0.05, 0.1) is 6.26 Å². The molecule has 0 aliphatic carbocycles. The molecule has 2 rings (SSSR count). The molecule has 1 aromatic rings. The summed E-state index contributed by atoms with van der Waals surface area (Å²) in [6.45, 7) is 3.20. The van der Waals surface area contributed by atoms with Gasteiger partial charge in [0, 0.05) is 38.3 Å². The molecular weight excluding hydrogens is 288 g/mol. The standard InChI is InChI=1S/C15H20N2O3S/c1-21(19,20)17-9-7-16(8-10-17)13-15-5-2-4-14(12-15)6-3-11-18/h2,4-5,12,18H,7-11,13H2,1H3. The fraction of sp³-hybridized carbons (Fsp3) is 0.467. The predicted molar refractivity (Wildman–Crippen MR) is 82.1 cm³/mol. The topological polar surface area (TPSA) is 60.9 Å². The lowest BCUT2D eigenvalue weighted by Crippen LogP contribution is -2.47. The Morgan fingerprint density at radius 3 is 2.57 bits per heavy atom. The van der Waals surface area contributed by atoms with E-state index in [1.54, 1.807) is 0 Å². The number of sulfonamides is 1. The average molecular weight is 308 g/mol. The maximum atomic E-state index is 11.5. The average Bonchev–Trinajstić information content (AvgIpc) is 2.45. The number of benzene rings is 1. The number of hydrogen-bond donors (Lipinski definition) is 1. The van der Waals surface area contributed by atoms with E-state index < -0.39 is 10.0 Å². The fourth-order valence-electron chi connectivity index (χ4n) is 2.37. The molecule has 5 nitrogen and oxygen atoms in total. The van der Waals surface area contributed by atoms with Crippen molar-refractivity contribution in [3.05, 3.63) is 35.4 Å². The smallest absolute Gasteiger partial charge is 0.211 e. The number of nitrogens with zero attached hydrogens (tertiary/aromatic N) is 2. The maximum absolute atomic E-state index is 11.5. The molecule has 0 aromatic heterocycles. The second-order valence-electron chi connectivity index (χ2n) is 5.10. The number of piperazine rings is 1. The highest BCUT2D eigenvalue weighted by atomic mass is 32.2. The van der Waals surface area contributed by atoms with Crippen molar-refractivity contribution < 1.29 is 13.5 Å². The third kappa shape index (κ3) is 4.83. The maximum Gasteiger partial charge on any atom is 0.211 e. The van der Waals surface area contributed by atoms with E-state index in [1.807, 2.05) is 24.3 Å². The zero-order valence-corrected chi connectivity index (χ0v) is 12.9. The number of aliphatic hydroxyl groups excluding tert-OH is 1. The Morgan fingerprint density at radius 2 is 1.95 bits per heavy atom. The summed E-state index contributed by atoms with van der Waals surface area (Å²) in [4.78, 5) is 2.24. The van der Waals surface area contributed by atoms with Crippen molar-refractivity contribution in [1.82, 2.24) is 9.21 Å². The van der Waals surface area contributed by atoms with Gasteiger partial charge >= 0.3 is 0 Å². The minimum Gasteiger partial charge on any atom is -0.384 e. The number of aliphatic hydroxyl groups is 1. The van der Waals surface area contributed by atoms with E-state index in [0.717, 1.165) is 30.8 Å². The molecule has 1 N–H and O–H groups in total. The molecule has 0 atom stereocenters. The predicted octanol–water partition coefficient (Wildman–Crippen LogP) is 0.108. The SMILES string of the molecule is CS(=O)(=O)N1CCN(Cc2cccc(C#CCO)c2)CC1. The lowest BCUT2D eigenvalue weighted by atomic mass is 10.1. The van der Waals surface area contributed by atoms with Gasteiger partial charge < -0.3 is 5.11 Å². The van der Waals surface area contributed by atoms with E-state index in [4.69, 9.17) is 5.11 Å². The quantitative estimate of drug-likeness (QED) is 0.805. The molecule has 0 bridgehead atoms. The number of hydrogen-bond acceptors (Lipinski definition) is 4. The van der Waals surface area contributed by atoms with Gasteiger partial charge in [-0.05, 0) is 17.7 Å². The van der Waals surface area contributed by atoms with Crippen LogP contribution in [0.25, 0.3) is 0 Å². The Bertz CT molecular complexity index is 638. The van der Waals surface area contributed by atoms with E-state index in [9.17, 15) is 8.42 Å². The molecule has 1 aliphatic rings. The van der Waals surface area contributed by atoms with Crippen molar-refractivity contribution >= 4 is 10.0 Å². The zero-order chi connectivity index (χ0) is 15.3. The Labute approximate surface area is 126 Å². The second-order valence-corrected chi connectivity index (χ2v) is 7.08. The molecule has 21 heavy (non-hydrogen) atoms. The molecule has 114 valence electrons. The molecule has 0 unspecified atom stereocenters. The molecule has 1 saturated heterocycles. The lowest BCUT2D eigenvalue weighted by molar-refractivity contribution is 0.182. The minimum atomic E-state index is -3.07. The summed E-state index contributed by atoms with van der Waals surface area (Å²) in [5, 5.41) is 8.71. The molecule has 0 amide bonds. The van der Waals surface area contributed by atoms with Gasteiger partial charge in [0.15, 0.2) is 0 Å². The zero-order valence-electron chi connectivity index (χ0n) is 12.1. The molecule has 0 spiro atoms. The highest BCUT2D eigenvalue weighted by Gasteiger charge is 2.23. The molecule has 6 heteroatoms. The summed E-state index contributed by atoms with van der Waals surface area (Å²) < 4.78 is 24.5. The van der Waals surface area contributed by atoms with Crippen molar-refractivity contribution in [3.8, 4) is 11.8 Å².